The molecule has 11 aromatic rings. The number of fused-ring (bicyclic) bond motifs is 3. The monoisotopic (exact) mass is 798 g/mol. The van der Waals surface area contributed by atoms with Crippen LogP contribution in [0.3, 0.4) is 0 Å². The van der Waals surface area contributed by atoms with Crippen LogP contribution in [0.2, 0.25) is 0 Å². The van der Waals surface area contributed by atoms with Crippen LogP contribution in [0, 0.1) is 0 Å². The van der Waals surface area contributed by atoms with Gasteiger partial charge in [0, 0.05) is 59.1 Å². The van der Waals surface area contributed by atoms with E-state index in [1.165, 1.54) is 25.9 Å². The number of thiophene rings is 1. The maximum absolute atomic E-state index is 5.15. The minimum atomic E-state index is 0.609. The summed E-state index contributed by atoms with van der Waals surface area (Å²) < 4.78 is 2.42. The molecule has 0 unspecified atom stereocenters. The Morgan fingerprint density at radius 2 is 0.557 bits per heavy atom. The fraction of sp³-hybridized carbons (Fsp3) is 0. The fourth-order valence-electron chi connectivity index (χ4n) is 7.76. The van der Waals surface area contributed by atoms with E-state index in [2.05, 4.69) is 84.9 Å². The first-order valence-electron chi connectivity index (χ1n) is 20.1. The second-order valence-corrected chi connectivity index (χ2v) is 15.7. The van der Waals surface area contributed by atoms with Crippen LogP contribution < -0.4 is 0 Å². The van der Waals surface area contributed by atoms with Gasteiger partial charge in [-0.15, -0.1) is 11.3 Å². The Morgan fingerprint density at radius 1 is 0.230 bits per heavy atom. The van der Waals surface area contributed by atoms with Gasteiger partial charge in [0.05, 0.1) is 0 Å². The Bertz CT molecular complexity index is 3210. The Hall–Kier alpha value is -8.00. The molecule has 11 rings (SSSR count). The van der Waals surface area contributed by atoms with Gasteiger partial charge in [0.25, 0.3) is 0 Å². The van der Waals surface area contributed by atoms with Gasteiger partial charge in [-0.2, -0.15) is 0 Å². The first-order chi connectivity index (χ1) is 30.2. The van der Waals surface area contributed by atoms with Gasteiger partial charge in [-0.3, -0.25) is 0 Å². The lowest BCUT2D eigenvalue weighted by Gasteiger charge is -2.12. The van der Waals surface area contributed by atoms with Crippen molar-refractivity contribution in [1.82, 2.24) is 29.9 Å². The molecular formula is C54H34N6S. The average Bonchev–Trinajstić information content (AvgIpc) is 3.74. The van der Waals surface area contributed by atoms with Crippen LogP contribution in [0.5, 0.6) is 0 Å². The minimum absolute atomic E-state index is 0.609. The van der Waals surface area contributed by atoms with Crippen LogP contribution in [-0.2, 0) is 0 Å². The molecule has 0 atom stereocenters. The van der Waals surface area contributed by atoms with Crippen molar-refractivity contribution in [3.05, 3.63) is 206 Å². The molecule has 286 valence electrons. The predicted octanol–water partition coefficient (Wildman–Crippen LogP) is 13.8. The molecule has 0 spiro atoms. The fourth-order valence-corrected chi connectivity index (χ4v) is 9.12. The van der Waals surface area contributed by atoms with E-state index in [1.54, 1.807) is 0 Å². The van der Waals surface area contributed by atoms with E-state index >= 15 is 0 Å². The van der Waals surface area contributed by atoms with Gasteiger partial charge in [0.1, 0.15) is 0 Å². The molecule has 0 saturated carbocycles. The van der Waals surface area contributed by atoms with Gasteiger partial charge in [-0.05, 0) is 28.8 Å². The Labute approximate surface area is 356 Å². The quantitative estimate of drug-likeness (QED) is 0.152. The second kappa shape index (κ2) is 15.6. The first-order valence-corrected chi connectivity index (χ1v) is 20.9. The molecule has 0 aliphatic heterocycles. The molecular weight excluding hydrogens is 765 g/mol. The third-order valence-electron chi connectivity index (χ3n) is 10.8. The highest BCUT2D eigenvalue weighted by atomic mass is 32.1. The van der Waals surface area contributed by atoms with Crippen LogP contribution in [0.4, 0.5) is 0 Å². The van der Waals surface area contributed by atoms with Crippen molar-refractivity contribution in [2.75, 3.05) is 0 Å². The number of hydrogen-bond donors (Lipinski definition) is 0. The SMILES string of the molecule is c1ccc(-c2nc(-c3ccccc3)nc(-c3ccc(-c4cc(-c5nc(-c6ccccc6)nc(-c6ccccc6)n5)cc5c4sc4c(-c6ccccc6)cccc45)cc3)n2)cc1. The smallest absolute Gasteiger partial charge is 0.164 e. The molecule has 7 heteroatoms. The number of benzene rings is 8. The third kappa shape index (κ3) is 7.03. The molecule has 0 amide bonds. The molecule has 0 aliphatic rings. The van der Waals surface area contributed by atoms with E-state index in [0.717, 1.165) is 49.9 Å². The van der Waals surface area contributed by atoms with E-state index in [0.29, 0.717) is 34.9 Å². The van der Waals surface area contributed by atoms with E-state index in [9.17, 15) is 0 Å². The highest BCUT2D eigenvalue weighted by Crippen LogP contribution is 2.46. The van der Waals surface area contributed by atoms with Gasteiger partial charge in [0.2, 0.25) is 0 Å². The van der Waals surface area contributed by atoms with Crippen LogP contribution in [0.25, 0.3) is 111 Å². The van der Waals surface area contributed by atoms with Crippen molar-refractivity contribution in [3.8, 4) is 90.6 Å². The number of nitrogens with zero attached hydrogens (tertiary/aromatic N) is 6. The molecule has 0 bridgehead atoms. The highest BCUT2D eigenvalue weighted by Gasteiger charge is 2.20. The van der Waals surface area contributed by atoms with Gasteiger partial charge >= 0.3 is 0 Å². The van der Waals surface area contributed by atoms with E-state index in [4.69, 9.17) is 29.9 Å². The Balaban J connectivity index is 1.10. The van der Waals surface area contributed by atoms with Crippen molar-refractivity contribution in [3.63, 3.8) is 0 Å². The van der Waals surface area contributed by atoms with Crippen molar-refractivity contribution >= 4 is 31.5 Å². The number of hydrogen-bond acceptors (Lipinski definition) is 7. The predicted molar refractivity (Wildman–Crippen MR) is 250 cm³/mol. The van der Waals surface area contributed by atoms with Crippen molar-refractivity contribution in [2.45, 2.75) is 0 Å². The van der Waals surface area contributed by atoms with Gasteiger partial charge in [-0.1, -0.05) is 194 Å². The largest absolute Gasteiger partial charge is 0.208 e. The van der Waals surface area contributed by atoms with Crippen LogP contribution in [0.1, 0.15) is 0 Å². The number of aromatic nitrogens is 6. The molecule has 0 N–H and O–H groups in total. The maximum atomic E-state index is 5.15. The highest BCUT2D eigenvalue weighted by molar-refractivity contribution is 7.26. The summed E-state index contributed by atoms with van der Waals surface area (Å²) in [6, 6.07) is 70.6. The summed E-state index contributed by atoms with van der Waals surface area (Å²) in [7, 11) is 0. The van der Waals surface area contributed by atoms with E-state index < -0.39 is 0 Å². The molecule has 0 fully saturated rings. The van der Waals surface area contributed by atoms with Gasteiger partial charge in [-0.25, -0.2) is 29.9 Å². The zero-order valence-corrected chi connectivity index (χ0v) is 33.5. The van der Waals surface area contributed by atoms with Gasteiger partial charge in [0.15, 0.2) is 34.9 Å². The minimum Gasteiger partial charge on any atom is -0.208 e. The molecule has 0 saturated heterocycles. The zero-order valence-electron chi connectivity index (χ0n) is 32.7. The topological polar surface area (TPSA) is 77.3 Å². The van der Waals surface area contributed by atoms with E-state index in [1.807, 2.05) is 133 Å². The molecule has 6 nitrogen and oxygen atoms in total. The standard InChI is InChI=1S/C54H34N6S/c1-6-17-35(18-7-1)43-27-16-28-44-46-34-42(54-59-51(39-23-12-4-13-24-39)56-52(60-54)40-25-14-5-15-26-40)33-45(48(46)61-47(43)44)36-29-31-41(32-30-36)53-57-49(37-19-8-2-9-20-37)55-50(58-53)38-21-10-3-11-22-38/h1-34H. The summed E-state index contributed by atoms with van der Waals surface area (Å²) in [4.78, 5) is 30.2. The Morgan fingerprint density at radius 3 is 0.984 bits per heavy atom. The Kier molecular flexibility index (Phi) is 9.26. The molecule has 0 aliphatic carbocycles. The summed E-state index contributed by atoms with van der Waals surface area (Å²) in [5.41, 5.74) is 10.1. The van der Waals surface area contributed by atoms with Crippen LogP contribution in [0.15, 0.2) is 206 Å². The molecule has 8 aromatic carbocycles. The van der Waals surface area contributed by atoms with Crippen LogP contribution in [-0.4, -0.2) is 29.9 Å². The molecule has 0 radical (unpaired) electrons. The lowest BCUT2D eigenvalue weighted by molar-refractivity contribution is 1.07. The summed E-state index contributed by atoms with van der Waals surface area (Å²) in [5.74, 6) is 3.73. The first kappa shape index (κ1) is 36.1. The molecule has 3 heterocycles. The summed E-state index contributed by atoms with van der Waals surface area (Å²) in [5, 5.41) is 2.34. The number of rotatable bonds is 8. The zero-order chi connectivity index (χ0) is 40.5. The molecule has 61 heavy (non-hydrogen) atoms. The van der Waals surface area contributed by atoms with Gasteiger partial charge < -0.3 is 0 Å². The average molecular weight is 799 g/mol. The summed E-state index contributed by atoms with van der Waals surface area (Å²) in [6.45, 7) is 0. The lowest BCUT2D eigenvalue weighted by atomic mass is 9.97. The van der Waals surface area contributed by atoms with Crippen molar-refractivity contribution in [1.29, 1.82) is 0 Å². The molecule has 3 aromatic heterocycles. The van der Waals surface area contributed by atoms with Crippen molar-refractivity contribution < 1.29 is 0 Å². The summed E-state index contributed by atoms with van der Waals surface area (Å²) in [6.07, 6.45) is 0. The normalized spacial score (nSPS) is 11.3. The van der Waals surface area contributed by atoms with Crippen LogP contribution >= 0.6 is 11.3 Å². The maximum Gasteiger partial charge on any atom is 0.164 e. The van der Waals surface area contributed by atoms with Crippen molar-refractivity contribution in [2.24, 2.45) is 0 Å². The second-order valence-electron chi connectivity index (χ2n) is 14.7. The third-order valence-corrected chi connectivity index (χ3v) is 12.1. The van der Waals surface area contributed by atoms with E-state index in [-0.39, 0.29) is 0 Å². The lowest BCUT2D eigenvalue weighted by Crippen LogP contribution is -2.00. The summed E-state index contributed by atoms with van der Waals surface area (Å²) >= 11 is 1.82.